The lowest BCUT2D eigenvalue weighted by Crippen LogP contribution is -1.80. The first-order valence-corrected chi connectivity index (χ1v) is 5.33. The van der Waals surface area contributed by atoms with Gasteiger partial charge in [-0.05, 0) is 24.1 Å². The molecule has 1 heterocycles. The average molecular weight is 215 g/mol. The van der Waals surface area contributed by atoms with Crippen molar-refractivity contribution in [3.8, 4) is 0 Å². The molecule has 0 aliphatic rings. The molecule has 0 N–H and O–H groups in total. The summed E-state index contributed by atoms with van der Waals surface area (Å²) >= 11 is 7.31. The highest BCUT2D eigenvalue weighted by Gasteiger charge is 2.07. The molecule has 0 bridgehead atoms. The van der Waals surface area contributed by atoms with Crippen molar-refractivity contribution in [2.24, 2.45) is 0 Å². The molecule has 0 atom stereocenters. The monoisotopic (exact) mass is 214 g/mol. The van der Waals surface area contributed by atoms with Crippen LogP contribution in [0, 0.1) is 5.82 Å². The minimum atomic E-state index is -0.169. The smallest absolute Gasteiger partial charge is 0.141 e. The quantitative estimate of drug-likeness (QED) is 0.666. The molecule has 0 spiro atoms. The Morgan fingerprint density at radius 1 is 1.46 bits per heavy atom. The third kappa shape index (κ3) is 1.45. The zero-order valence-electron chi connectivity index (χ0n) is 7.10. The number of halogens is 2. The summed E-state index contributed by atoms with van der Waals surface area (Å²) < 4.78 is 14.2. The van der Waals surface area contributed by atoms with E-state index in [9.17, 15) is 4.39 Å². The molecule has 0 aliphatic heterocycles. The number of aryl methyl sites for hydroxylation is 1. The third-order valence-electron chi connectivity index (χ3n) is 2.05. The first-order valence-electron chi connectivity index (χ1n) is 4.07. The number of hydrogen-bond donors (Lipinski definition) is 0. The molecule has 0 saturated heterocycles. The van der Waals surface area contributed by atoms with Gasteiger partial charge in [-0.3, -0.25) is 0 Å². The SMILES string of the molecule is CCc1cc(Cl)cc2c(F)csc12. The van der Waals surface area contributed by atoms with Gasteiger partial charge in [0.05, 0.1) is 0 Å². The second kappa shape index (κ2) is 3.28. The molecule has 68 valence electrons. The molecular weight excluding hydrogens is 207 g/mol. The second-order valence-corrected chi connectivity index (χ2v) is 4.19. The van der Waals surface area contributed by atoms with Crippen LogP contribution in [0.1, 0.15) is 12.5 Å². The standard InChI is InChI=1S/C10H8ClFS/c1-2-6-3-7(11)4-8-9(12)5-13-10(6)8/h3-5H,2H2,1H3. The van der Waals surface area contributed by atoms with E-state index in [0.29, 0.717) is 10.4 Å². The zero-order chi connectivity index (χ0) is 9.42. The molecule has 13 heavy (non-hydrogen) atoms. The van der Waals surface area contributed by atoms with E-state index in [1.54, 1.807) is 6.07 Å². The van der Waals surface area contributed by atoms with Gasteiger partial charge in [-0.1, -0.05) is 18.5 Å². The molecule has 1 aromatic heterocycles. The van der Waals surface area contributed by atoms with Crippen LogP contribution in [0.5, 0.6) is 0 Å². The third-order valence-corrected chi connectivity index (χ3v) is 3.31. The predicted octanol–water partition coefficient (Wildman–Crippen LogP) is 4.26. The summed E-state index contributed by atoms with van der Waals surface area (Å²) in [6, 6.07) is 3.59. The fraction of sp³-hybridized carbons (Fsp3) is 0.200. The number of fused-ring (bicyclic) bond motifs is 1. The van der Waals surface area contributed by atoms with Crippen LogP contribution < -0.4 is 0 Å². The van der Waals surface area contributed by atoms with E-state index in [2.05, 4.69) is 0 Å². The van der Waals surface area contributed by atoms with Crippen LogP contribution in [-0.2, 0) is 6.42 Å². The van der Waals surface area contributed by atoms with Crippen LogP contribution in [-0.4, -0.2) is 0 Å². The number of rotatable bonds is 1. The summed E-state index contributed by atoms with van der Waals surface area (Å²) in [6.07, 6.45) is 0.886. The van der Waals surface area contributed by atoms with Gasteiger partial charge in [0.1, 0.15) is 5.82 Å². The lowest BCUT2D eigenvalue weighted by atomic mass is 10.1. The van der Waals surface area contributed by atoms with Gasteiger partial charge in [-0.15, -0.1) is 11.3 Å². The van der Waals surface area contributed by atoms with E-state index in [4.69, 9.17) is 11.6 Å². The van der Waals surface area contributed by atoms with Gasteiger partial charge in [-0.25, -0.2) is 4.39 Å². The van der Waals surface area contributed by atoms with Crippen molar-refractivity contribution in [1.82, 2.24) is 0 Å². The van der Waals surface area contributed by atoms with Crippen LogP contribution in [0.3, 0.4) is 0 Å². The molecule has 0 saturated carbocycles. The summed E-state index contributed by atoms with van der Waals surface area (Å²) in [7, 11) is 0. The maximum atomic E-state index is 13.2. The second-order valence-electron chi connectivity index (χ2n) is 2.88. The summed E-state index contributed by atoms with van der Waals surface area (Å²) in [4.78, 5) is 0. The predicted molar refractivity (Wildman–Crippen MR) is 56.2 cm³/mol. The normalized spacial score (nSPS) is 11.0. The van der Waals surface area contributed by atoms with Crippen molar-refractivity contribution in [3.63, 3.8) is 0 Å². The fourth-order valence-corrected chi connectivity index (χ4v) is 2.63. The largest absolute Gasteiger partial charge is 0.205 e. The van der Waals surface area contributed by atoms with Gasteiger partial charge in [0.2, 0.25) is 0 Å². The Morgan fingerprint density at radius 3 is 2.92 bits per heavy atom. The van der Waals surface area contributed by atoms with Gasteiger partial charge >= 0.3 is 0 Å². The minimum Gasteiger partial charge on any atom is -0.205 e. The topological polar surface area (TPSA) is 0 Å². The van der Waals surface area contributed by atoms with Crippen LogP contribution in [0.25, 0.3) is 10.1 Å². The molecule has 0 unspecified atom stereocenters. The van der Waals surface area contributed by atoms with E-state index < -0.39 is 0 Å². The van der Waals surface area contributed by atoms with Crippen LogP contribution in [0.15, 0.2) is 17.5 Å². The van der Waals surface area contributed by atoms with Gasteiger partial charge in [0, 0.05) is 20.5 Å². The van der Waals surface area contributed by atoms with Gasteiger partial charge in [0.15, 0.2) is 0 Å². The molecule has 1 aromatic carbocycles. The molecule has 0 amide bonds. The van der Waals surface area contributed by atoms with Gasteiger partial charge in [-0.2, -0.15) is 0 Å². The lowest BCUT2D eigenvalue weighted by Gasteiger charge is -1.99. The Kier molecular flexibility index (Phi) is 2.26. The number of hydrogen-bond acceptors (Lipinski definition) is 1. The first kappa shape index (κ1) is 8.97. The Bertz CT molecular complexity index is 447. The molecule has 3 heteroatoms. The van der Waals surface area contributed by atoms with Crippen molar-refractivity contribution >= 4 is 33.0 Å². The van der Waals surface area contributed by atoms with Crippen LogP contribution in [0.2, 0.25) is 5.02 Å². The van der Waals surface area contributed by atoms with E-state index in [0.717, 1.165) is 16.7 Å². The highest BCUT2D eigenvalue weighted by Crippen LogP contribution is 2.31. The lowest BCUT2D eigenvalue weighted by molar-refractivity contribution is 0.644. The van der Waals surface area contributed by atoms with E-state index in [1.807, 2.05) is 13.0 Å². The molecule has 0 aliphatic carbocycles. The Hall–Kier alpha value is -0.600. The number of thiophene rings is 1. The Labute approximate surface area is 85.0 Å². The van der Waals surface area contributed by atoms with E-state index in [1.165, 1.54) is 16.7 Å². The van der Waals surface area contributed by atoms with Crippen LogP contribution in [0.4, 0.5) is 4.39 Å². The fourth-order valence-electron chi connectivity index (χ4n) is 1.40. The maximum Gasteiger partial charge on any atom is 0.141 e. The van der Waals surface area contributed by atoms with Crippen molar-refractivity contribution in [3.05, 3.63) is 33.9 Å². The molecule has 0 fully saturated rings. The summed E-state index contributed by atoms with van der Waals surface area (Å²) in [5, 5.41) is 2.79. The van der Waals surface area contributed by atoms with Gasteiger partial charge < -0.3 is 0 Å². The van der Waals surface area contributed by atoms with Gasteiger partial charge in [0.25, 0.3) is 0 Å². The van der Waals surface area contributed by atoms with E-state index >= 15 is 0 Å². The van der Waals surface area contributed by atoms with E-state index in [-0.39, 0.29) is 5.82 Å². The number of benzene rings is 1. The minimum absolute atomic E-state index is 0.169. The molecule has 0 radical (unpaired) electrons. The van der Waals surface area contributed by atoms with Crippen molar-refractivity contribution in [2.75, 3.05) is 0 Å². The summed E-state index contributed by atoms with van der Waals surface area (Å²) in [5.41, 5.74) is 1.12. The molecule has 0 nitrogen and oxygen atoms in total. The highest BCUT2D eigenvalue weighted by atomic mass is 35.5. The zero-order valence-corrected chi connectivity index (χ0v) is 8.68. The average Bonchev–Trinajstić information content (AvgIpc) is 2.47. The molecular formula is C10H8ClFS. The first-order chi connectivity index (χ1) is 6.22. The van der Waals surface area contributed by atoms with Crippen molar-refractivity contribution in [1.29, 1.82) is 0 Å². The summed E-state index contributed by atoms with van der Waals surface area (Å²) in [5.74, 6) is -0.169. The maximum absolute atomic E-state index is 13.2. The van der Waals surface area contributed by atoms with Crippen molar-refractivity contribution in [2.45, 2.75) is 13.3 Å². The molecule has 2 aromatic rings. The summed E-state index contributed by atoms with van der Waals surface area (Å²) in [6.45, 7) is 2.04. The Morgan fingerprint density at radius 2 is 2.23 bits per heavy atom. The molecule has 2 rings (SSSR count). The van der Waals surface area contributed by atoms with Crippen LogP contribution >= 0.6 is 22.9 Å². The Balaban J connectivity index is 2.84. The highest BCUT2D eigenvalue weighted by molar-refractivity contribution is 7.17. The van der Waals surface area contributed by atoms with Crippen molar-refractivity contribution < 1.29 is 4.39 Å².